The molecule has 0 aromatic heterocycles. The molecule has 1 saturated heterocycles. The largest absolute Gasteiger partial charge is 0.481 e. The number of carbonyl (C=O) groups is 3. The van der Waals surface area contributed by atoms with Crippen LogP contribution >= 0.6 is 27.7 Å². The van der Waals surface area contributed by atoms with Gasteiger partial charge in [-0.05, 0) is 48.5 Å². The summed E-state index contributed by atoms with van der Waals surface area (Å²) < 4.78 is 11.2. The molecule has 0 N–H and O–H groups in total. The van der Waals surface area contributed by atoms with Crippen LogP contribution in [-0.2, 0) is 20.9 Å². The highest BCUT2D eigenvalue weighted by molar-refractivity contribution is 9.10. The molecule has 29 heavy (non-hydrogen) atoms. The van der Waals surface area contributed by atoms with Crippen molar-refractivity contribution >= 4 is 50.9 Å². The van der Waals surface area contributed by atoms with E-state index in [1.807, 2.05) is 30.3 Å². The first-order valence-corrected chi connectivity index (χ1v) is 10.5. The summed E-state index contributed by atoms with van der Waals surface area (Å²) in [5, 5.41) is -0.325. The number of nitrogens with zero attached hydrogens (tertiary/aromatic N) is 1. The Balaban J connectivity index is 1.80. The summed E-state index contributed by atoms with van der Waals surface area (Å²) >= 11 is 4.27. The fourth-order valence-corrected chi connectivity index (χ4v) is 3.85. The Morgan fingerprint density at radius 2 is 1.93 bits per heavy atom. The fraction of sp³-hybridized carbons (Fsp3) is 0.190. The van der Waals surface area contributed by atoms with Gasteiger partial charge in [-0.15, -0.1) is 0 Å². The minimum Gasteiger partial charge on any atom is -0.481 e. The molecule has 0 spiro atoms. The summed E-state index contributed by atoms with van der Waals surface area (Å²) in [5.74, 6) is -0.430. The molecule has 2 aromatic carbocycles. The van der Waals surface area contributed by atoms with Crippen LogP contribution < -0.4 is 4.74 Å². The van der Waals surface area contributed by atoms with Crippen molar-refractivity contribution in [3.05, 3.63) is 69.0 Å². The molecule has 1 heterocycles. The molecule has 0 bridgehead atoms. The van der Waals surface area contributed by atoms with Gasteiger partial charge in [-0.25, -0.2) is 4.79 Å². The van der Waals surface area contributed by atoms with Crippen LogP contribution in [0.5, 0.6) is 5.75 Å². The maximum absolute atomic E-state index is 12.8. The maximum Gasteiger partial charge on any atom is 0.344 e. The first-order valence-electron chi connectivity index (χ1n) is 8.85. The van der Waals surface area contributed by atoms with E-state index in [9.17, 15) is 14.4 Å². The number of amides is 2. The summed E-state index contributed by atoms with van der Waals surface area (Å²) in [6.07, 6.45) is 1.60. The second kappa shape index (κ2) is 9.76. The minimum absolute atomic E-state index is 0.216. The van der Waals surface area contributed by atoms with E-state index in [1.165, 1.54) is 4.90 Å². The monoisotopic (exact) mass is 475 g/mol. The average Bonchev–Trinajstić information content (AvgIpc) is 2.96. The van der Waals surface area contributed by atoms with Crippen LogP contribution in [-0.4, -0.2) is 35.2 Å². The van der Waals surface area contributed by atoms with Gasteiger partial charge in [0, 0.05) is 10.0 Å². The number of thioether (sulfide) groups is 1. The van der Waals surface area contributed by atoms with Gasteiger partial charge in [0.05, 0.1) is 18.1 Å². The van der Waals surface area contributed by atoms with Crippen LogP contribution in [0.25, 0.3) is 6.08 Å². The van der Waals surface area contributed by atoms with E-state index in [0.29, 0.717) is 16.2 Å². The third kappa shape index (κ3) is 5.48. The standard InChI is InChI=1S/C21H18BrNO5S/c1-2-27-19(24)13-28-17-9-8-16(22)10-15(17)11-18-20(25)23(21(26)29-18)12-14-6-4-3-5-7-14/h3-11H,2,12-13H2,1H3/b18-11+. The zero-order chi connectivity index (χ0) is 20.8. The minimum atomic E-state index is -0.482. The van der Waals surface area contributed by atoms with Crippen LogP contribution in [0, 0.1) is 0 Å². The van der Waals surface area contributed by atoms with Gasteiger partial charge >= 0.3 is 5.97 Å². The van der Waals surface area contributed by atoms with Gasteiger partial charge in [-0.3, -0.25) is 14.5 Å². The normalized spacial score (nSPS) is 15.1. The summed E-state index contributed by atoms with van der Waals surface area (Å²) in [4.78, 5) is 38.2. The SMILES string of the molecule is CCOC(=O)COc1ccc(Br)cc1/C=C1/SC(=O)N(Cc2ccccc2)C1=O. The lowest BCUT2D eigenvalue weighted by Gasteiger charge is -2.12. The molecule has 1 aliphatic heterocycles. The van der Waals surface area contributed by atoms with Gasteiger partial charge < -0.3 is 9.47 Å². The number of carbonyl (C=O) groups excluding carboxylic acids is 3. The Morgan fingerprint density at radius 3 is 2.66 bits per heavy atom. The molecule has 1 fully saturated rings. The zero-order valence-electron chi connectivity index (χ0n) is 15.6. The molecular formula is C21H18BrNO5S. The molecular weight excluding hydrogens is 458 g/mol. The predicted octanol–water partition coefficient (Wildman–Crippen LogP) is 4.63. The molecule has 3 rings (SSSR count). The number of esters is 1. The highest BCUT2D eigenvalue weighted by Crippen LogP contribution is 2.35. The van der Waals surface area contributed by atoms with Crippen molar-refractivity contribution in [3.8, 4) is 5.75 Å². The van der Waals surface area contributed by atoms with Crippen LogP contribution in [0.15, 0.2) is 57.9 Å². The molecule has 0 aliphatic carbocycles. The van der Waals surface area contributed by atoms with Crippen molar-refractivity contribution in [2.24, 2.45) is 0 Å². The van der Waals surface area contributed by atoms with E-state index in [0.717, 1.165) is 21.8 Å². The van der Waals surface area contributed by atoms with E-state index < -0.39 is 5.97 Å². The fourth-order valence-electron chi connectivity index (χ4n) is 2.65. The number of imide groups is 1. The summed E-state index contributed by atoms with van der Waals surface area (Å²) in [5.41, 5.74) is 1.45. The van der Waals surface area contributed by atoms with Crippen molar-refractivity contribution in [1.82, 2.24) is 4.90 Å². The Labute approximate surface area is 181 Å². The van der Waals surface area contributed by atoms with Gasteiger partial charge in [0.1, 0.15) is 5.75 Å². The van der Waals surface area contributed by atoms with Gasteiger partial charge in [-0.2, -0.15) is 0 Å². The Kier molecular flexibility index (Phi) is 7.11. The topological polar surface area (TPSA) is 72.9 Å². The highest BCUT2D eigenvalue weighted by Gasteiger charge is 2.35. The lowest BCUT2D eigenvalue weighted by Crippen LogP contribution is -2.27. The van der Waals surface area contributed by atoms with Gasteiger partial charge in [-0.1, -0.05) is 46.3 Å². The first-order chi connectivity index (χ1) is 14.0. The number of hydrogen-bond donors (Lipinski definition) is 0. The van der Waals surface area contributed by atoms with Crippen molar-refractivity contribution in [1.29, 1.82) is 0 Å². The van der Waals surface area contributed by atoms with Crippen LogP contribution in [0.3, 0.4) is 0 Å². The number of hydrogen-bond acceptors (Lipinski definition) is 6. The molecule has 0 saturated carbocycles. The van der Waals surface area contributed by atoms with Crippen LogP contribution in [0.2, 0.25) is 0 Å². The molecule has 1 aliphatic rings. The molecule has 150 valence electrons. The molecule has 2 aromatic rings. The third-order valence-electron chi connectivity index (χ3n) is 3.97. The third-order valence-corrected chi connectivity index (χ3v) is 5.37. The Hall–Kier alpha value is -2.58. The second-order valence-electron chi connectivity index (χ2n) is 6.03. The van der Waals surface area contributed by atoms with Crippen molar-refractivity contribution in [2.45, 2.75) is 13.5 Å². The highest BCUT2D eigenvalue weighted by atomic mass is 79.9. The molecule has 6 nitrogen and oxygen atoms in total. The quantitative estimate of drug-likeness (QED) is 0.429. The van der Waals surface area contributed by atoms with Gasteiger partial charge in [0.25, 0.3) is 11.1 Å². The second-order valence-corrected chi connectivity index (χ2v) is 7.94. The van der Waals surface area contributed by atoms with Crippen LogP contribution in [0.4, 0.5) is 4.79 Å². The van der Waals surface area contributed by atoms with Gasteiger partial charge in [0.15, 0.2) is 6.61 Å². The van der Waals surface area contributed by atoms with E-state index >= 15 is 0 Å². The number of halogens is 1. The van der Waals surface area contributed by atoms with E-state index in [2.05, 4.69) is 15.9 Å². The average molecular weight is 476 g/mol. The van der Waals surface area contributed by atoms with E-state index in [-0.39, 0.29) is 30.9 Å². The lowest BCUT2D eigenvalue weighted by atomic mass is 10.1. The number of rotatable bonds is 7. The predicted molar refractivity (Wildman–Crippen MR) is 114 cm³/mol. The molecule has 8 heteroatoms. The summed E-state index contributed by atoms with van der Waals surface area (Å²) in [7, 11) is 0. The smallest absolute Gasteiger partial charge is 0.344 e. The molecule has 2 amide bonds. The molecule has 0 atom stereocenters. The number of benzene rings is 2. The number of ether oxygens (including phenoxy) is 2. The summed E-state index contributed by atoms with van der Waals surface area (Å²) in [6, 6.07) is 14.5. The Bertz CT molecular complexity index is 961. The van der Waals surface area contributed by atoms with Crippen molar-refractivity contribution in [2.75, 3.05) is 13.2 Å². The Morgan fingerprint density at radius 1 is 1.17 bits per heavy atom. The first kappa shape index (κ1) is 21.1. The van der Waals surface area contributed by atoms with Crippen molar-refractivity contribution < 1.29 is 23.9 Å². The van der Waals surface area contributed by atoms with E-state index in [4.69, 9.17) is 9.47 Å². The lowest BCUT2D eigenvalue weighted by molar-refractivity contribution is -0.145. The van der Waals surface area contributed by atoms with Crippen molar-refractivity contribution in [3.63, 3.8) is 0 Å². The maximum atomic E-state index is 12.8. The molecule has 0 unspecified atom stereocenters. The summed E-state index contributed by atoms with van der Waals surface area (Å²) in [6.45, 7) is 1.96. The van der Waals surface area contributed by atoms with Gasteiger partial charge in [0.2, 0.25) is 0 Å². The zero-order valence-corrected chi connectivity index (χ0v) is 18.0. The molecule has 0 radical (unpaired) electrons. The van der Waals surface area contributed by atoms with Crippen LogP contribution in [0.1, 0.15) is 18.1 Å². The van der Waals surface area contributed by atoms with E-state index in [1.54, 1.807) is 31.2 Å².